The molecule has 3 aromatic carbocycles. The molecule has 35 heavy (non-hydrogen) atoms. The summed E-state index contributed by atoms with van der Waals surface area (Å²) in [6.07, 6.45) is 1.73. The summed E-state index contributed by atoms with van der Waals surface area (Å²) in [5.74, 6) is -0.574. The van der Waals surface area contributed by atoms with Gasteiger partial charge >= 0.3 is 5.97 Å². The first-order valence-corrected chi connectivity index (χ1v) is 13.9. The number of carbonyl (C=O) groups excluding carboxylic acids is 2. The molecule has 0 aliphatic carbocycles. The molecule has 3 aromatic rings. The highest BCUT2D eigenvalue weighted by atomic mass is 127. The zero-order valence-corrected chi connectivity index (χ0v) is 24.6. The zero-order valence-electron chi connectivity index (χ0n) is 17.8. The Balaban J connectivity index is 1.47. The molecule has 4 rings (SSSR count). The number of hydrogen-bond donors (Lipinski definition) is 1. The first-order chi connectivity index (χ1) is 16.7. The third-order valence-electron chi connectivity index (χ3n) is 5.03. The Bertz CT molecular complexity index is 1320. The number of thioether (sulfide) groups is 1. The number of imide groups is 1. The molecule has 1 fully saturated rings. The van der Waals surface area contributed by atoms with Crippen molar-refractivity contribution in [1.82, 2.24) is 4.90 Å². The van der Waals surface area contributed by atoms with Crippen LogP contribution in [0.15, 0.2) is 70.0 Å². The summed E-state index contributed by atoms with van der Waals surface area (Å²) in [6, 6.07) is 17.8. The number of halogens is 3. The van der Waals surface area contributed by atoms with Crippen molar-refractivity contribution in [3.05, 3.63) is 99.4 Å². The molecule has 1 saturated heterocycles. The molecule has 1 aliphatic rings. The molecule has 6 nitrogen and oxygen atoms in total. The number of amides is 2. The van der Waals surface area contributed by atoms with Gasteiger partial charge in [-0.1, -0.05) is 40.2 Å². The van der Waals surface area contributed by atoms with Crippen molar-refractivity contribution in [3.8, 4) is 5.75 Å². The minimum atomic E-state index is -0.969. The van der Waals surface area contributed by atoms with Crippen molar-refractivity contribution >= 4 is 96.1 Å². The second-order valence-corrected chi connectivity index (χ2v) is 11.7. The van der Waals surface area contributed by atoms with Gasteiger partial charge in [0.1, 0.15) is 12.4 Å². The Labute approximate surface area is 241 Å². The van der Waals surface area contributed by atoms with Crippen molar-refractivity contribution in [1.29, 1.82) is 0 Å². The van der Waals surface area contributed by atoms with E-state index in [-0.39, 0.29) is 23.3 Å². The maximum atomic E-state index is 12.9. The summed E-state index contributed by atoms with van der Waals surface area (Å²) < 4.78 is 8.64. The Morgan fingerprint density at radius 2 is 1.60 bits per heavy atom. The highest BCUT2D eigenvalue weighted by Crippen LogP contribution is 2.35. The van der Waals surface area contributed by atoms with E-state index in [1.807, 2.05) is 36.4 Å². The van der Waals surface area contributed by atoms with E-state index in [0.29, 0.717) is 17.3 Å². The van der Waals surface area contributed by atoms with E-state index in [4.69, 9.17) is 9.84 Å². The van der Waals surface area contributed by atoms with Crippen LogP contribution in [0, 0.1) is 7.14 Å². The molecular weight excluding hydrogens is 760 g/mol. The Morgan fingerprint density at radius 3 is 2.20 bits per heavy atom. The van der Waals surface area contributed by atoms with E-state index in [2.05, 4.69) is 61.1 Å². The van der Waals surface area contributed by atoms with Gasteiger partial charge in [-0.2, -0.15) is 0 Å². The smallest absolute Gasteiger partial charge is 0.335 e. The molecule has 0 saturated carbocycles. The number of carboxylic acid groups (broad SMARTS) is 1. The molecule has 0 bridgehead atoms. The molecule has 10 heteroatoms. The van der Waals surface area contributed by atoms with Crippen molar-refractivity contribution < 1.29 is 24.2 Å². The first-order valence-electron chi connectivity index (χ1n) is 10.1. The van der Waals surface area contributed by atoms with E-state index < -0.39 is 5.97 Å². The van der Waals surface area contributed by atoms with Gasteiger partial charge in [0.05, 0.1) is 24.2 Å². The van der Waals surface area contributed by atoms with Gasteiger partial charge in [-0.25, -0.2) is 4.79 Å². The van der Waals surface area contributed by atoms with E-state index in [1.54, 1.807) is 30.3 Å². The number of carboxylic acids is 1. The van der Waals surface area contributed by atoms with Gasteiger partial charge in [-0.05, 0) is 116 Å². The van der Waals surface area contributed by atoms with Crippen molar-refractivity contribution in [2.24, 2.45) is 0 Å². The van der Waals surface area contributed by atoms with Crippen LogP contribution in [0.2, 0.25) is 0 Å². The standard InChI is InChI=1S/C25H16BrI2NO5S/c26-18-7-3-14(4-8-18)12-29-23(30)21(35-25(29)33)11-16-9-19(27)22(20(28)10-16)34-13-15-1-5-17(6-2-15)24(31)32/h1-11H,12-13H2,(H,31,32)/b21-11-. The second kappa shape index (κ2) is 11.4. The number of carbonyl (C=O) groups is 3. The monoisotopic (exact) mass is 775 g/mol. The molecule has 178 valence electrons. The highest BCUT2D eigenvalue weighted by molar-refractivity contribution is 14.1. The van der Waals surface area contributed by atoms with Crippen LogP contribution in [0.4, 0.5) is 4.79 Å². The maximum Gasteiger partial charge on any atom is 0.335 e. The fourth-order valence-corrected chi connectivity index (χ4v) is 6.49. The van der Waals surface area contributed by atoms with E-state index in [1.165, 1.54) is 4.90 Å². The summed E-state index contributed by atoms with van der Waals surface area (Å²) in [5.41, 5.74) is 2.75. The lowest BCUT2D eigenvalue weighted by Gasteiger charge is -2.13. The summed E-state index contributed by atoms with van der Waals surface area (Å²) >= 11 is 8.67. The summed E-state index contributed by atoms with van der Waals surface area (Å²) in [4.78, 5) is 38.0. The quantitative estimate of drug-likeness (QED) is 0.203. The van der Waals surface area contributed by atoms with E-state index in [9.17, 15) is 14.4 Å². The van der Waals surface area contributed by atoms with Crippen molar-refractivity contribution in [2.45, 2.75) is 13.2 Å². The van der Waals surface area contributed by atoms with Crippen LogP contribution in [-0.2, 0) is 17.9 Å². The van der Waals surface area contributed by atoms with Gasteiger partial charge in [0.2, 0.25) is 0 Å². The van der Waals surface area contributed by atoms with Gasteiger partial charge in [0, 0.05) is 4.47 Å². The molecule has 1 aliphatic heterocycles. The lowest BCUT2D eigenvalue weighted by molar-refractivity contribution is -0.123. The Morgan fingerprint density at radius 1 is 1.00 bits per heavy atom. The average molecular weight is 776 g/mol. The van der Waals surface area contributed by atoms with Gasteiger partial charge in [-0.3, -0.25) is 14.5 Å². The molecule has 0 atom stereocenters. The number of rotatable bonds is 7. The van der Waals surface area contributed by atoms with Crippen LogP contribution in [-0.4, -0.2) is 27.1 Å². The zero-order chi connectivity index (χ0) is 25.1. The third-order valence-corrected chi connectivity index (χ3v) is 8.07. The second-order valence-electron chi connectivity index (χ2n) is 7.50. The number of hydrogen-bond acceptors (Lipinski definition) is 5. The number of ether oxygens (including phenoxy) is 1. The molecule has 1 N–H and O–H groups in total. The van der Waals surface area contributed by atoms with Crippen LogP contribution < -0.4 is 4.74 Å². The Hall–Kier alpha value is -1.90. The van der Waals surface area contributed by atoms with Crippen molar-refractivity contribution in [2.75, 3.05) is 0 Å². The molecular formula is C25H16BrI2NO5S. The van der Waals surface area contributed by atoms with Crippen LogP contribution in [0.25, 0.3) is 6.08 Å². The number of aromatic carboxylic acids is 1. The lowest BCUT2D eigenvalue weighted by atomic mass is 10.1. The predicted octanol–water partition coefficient (Wildman–Crippen LogP) is 7.17. The third kappa shape index (κ3) is 6.46. The molecule has 0 radical (unpaired) electrons. The van der Waals surface area contributed by atoms with Crippen molar-refractivity contribution in [3.63, 3.8) is 0 Å². The van der Waals surface area contributed by atoms with Crippen LogP contribution >= 0.6 is 72.9 Å². The lowest BCUT2D eigenvalue weighted by Crippen LogP contribution is -2.27. The van der Waals surface area contributed by atoms with E-state index in [0.717, 1.165) is 40.1 Å². The van der Waals surface area contributed by atoms with Crippen LogP contribution in [0.3, 0.4) is 0 Å². The topological polar surface area (TPSA) is 83.9 Å². The number of benzene rings is 3. The predicted molar refractivity (Wildman–Crippen MR) is 155 cm³/mol. The van der Waals surface area contributed by atoms with Gasteiger partial charge in [-0.15, -0.1) is 0 Å². The minimum Gasteiger partial charge on any atom is -0.487 e. The largest absolute Gasteiger partial charge is 0.487 e. The van der Waals surface area contributed by atoms with Gasteiger partial charge in [0.15, 0.2) is 0 Å². The first kappa shape index (κ1) is 26.2. The van der Waals surface area contributed by atoms with E-state index >= 15 is 0 Å². The molecule has 0 spiro atoms. The molecule has 2 amide bonds. The normalized spacial score (nSPS) is 14.6. The van der Waals surface area contributed by atoms with Crippen LogP contribution in [0.1, 0.15) is 27.0 Å². The van der Waals surface area contributed by atoms with Gasteiger partial charge < -0.3 is 9.84 Å². The molecule has 1 heterocycles. The summed E-state index contributed by atoms with van der Waals surface area (Å²) in [5, 5.41) is 8.73. The average Bonchev–Trinajstić information content (AvgIpc) is 3.07. The highest BCUT2D eigenvalue weighted by Gasteiger charge is 2.35. The molecule has 0 aromatic heterocycles. The molecule has 0 unspecified atom stereocenters. The fourth-order valence-electron chi connectivity index (χ4n) is 3.26. The van der Waals surface area contributed by atoms with Crippen LogP contribution in [0.5, 0.6) is 5.75 Å². The Kier molecular flexibility index (Phi) is 8.55. The minimum absolute atomic E-state index is 0.225. The SMILES string of the molecule is O=C(O)c1ccc(COc2c(I)cc(/C=C3\SC(=O)N(Cc4ccc(Br)cc4)C3=O)cc2I)cc1. The summed E-state index contributed by atoms with van der Waals surface area (Å²) in [6.45, 7) is 0.519. The summed E-state index contributed by atoms with van der Waals surface area (Å²) in [7, 11) is 0. The van der Waals surface area contributed by atoms with Gasteiger partial charge in [0.25, 0.3) is 11.1 Å². The number of nitrogens with zero attached hydrogens (tertiary/aromatic N) is 1. The maximum absolute atomic E-state index is 12.9. The fraction of sp³-hybridized carbons (Fsp3) is 0.0800.